The molecule has 16 heavy (non-hydrogen) atoms. The quantitative estimate of drug-likeness (QED) is 0.714. The normalized spacial score (nSPS) is 9.81. The van der Waals surface area contributed by atoms with Crippen LogP contribution < -0.4 is 0 Å². The molecule has 0 saturated heterocycles. The van der Waals surface area contributed by atoms with Crippen molar-refractivity contribution in [1.82, 2.24) is 0 Å². The van der Waals surface area contributed by atoms with E-state index in [0.29, 0.717) is 11.1 Å². The lowest BCUT2D eigenvalue weighted by molar-refractivity contribution is 0.627. The van der Waals surface area contributed by atoms with E-state index in [1.54, 1.807) is 12.1 Å². The van der Waals surface area contributed by atoms with Crippen molar-refractivity contribution < 1.29 is 8.78 Å². The molecule has 0 aliphatic rings. The van der Waals surface area contributed by atoms with Gasteiger partial charge in [0.15, 0.2) is 0 Å². The van der Waals surface area contributed by atoms with Gasteiger partial charge in [0, 0.05) is 0 Å². The topological polar surface area (TPSA) is 23.8 Å². The van der Waals surface area contributed by atoms with Gasteiger partial charge < -0.3 is 0 Å². The Morgan fingerprint density at radius 2 is 1.69 bits per heavy atom. The molecule has 0 amide bonds. The van der Waals surface area contributed by atoms with Gasteiger partial charge in [0.05, 0.1) is 11.6 Å². The van der Waals surface area contributed by atoms with E-state index in [1.807, 2.05) is 6.07 Å². The van der Waals surface area contributed by atoms with Gasteiger partial charge in [0.2, 0.25) is 0 Å². The van der Waals surface area contributed by atoms with E-state index in [0.717, 1.165) is 6.07 Å². The van der Waals surface area contributed by atoms with Crippen LogP contribution in [0.1, 0.15) is 5.56 Å². The second kappa shape index (κ2) is 4.11. The van der Waals surface area contributed by atoms with Gasteiger partial charge in [-0.2, -0.15) is 5.26 Å². The van der Waals surface area contributed by atoms with E-state index in [2.05, 4.69) is 0 Å². The highest BCUT2D eigenvalue weighted by molar-refractivity contribution is 5.70. The first-order chi connectivity index (χ1) is 7.70. The second-order valence-corrected chi connectivity index (χ2v) is 3.31. The SMILES string of the molecule is N#Cc1cc(F)ccc1-c1cccc(F)c1. The Labute approximate surface area is 91.6 Å². The zero-order valence-corrected chi connectivity index (χ0v) is 8.24. The minimum atomic E-state index is -0.475. The van der Waals surface area contributed by atoms with Gasteiger partial charge in [0.25, 0.3) is 0 Å². The summed E-state index contributed by atoms with van der Waals surface area (Å²) in [5.74, 6) is -0.859. The molecule has 0 aliphatic carbocycles. The summed E-state index contributed by atoms with van der Waals surface area (Å²) in [5.41, 5.74) is 1.30. The highest BCUT2D eigenvalue weighted by Crippen LogP contribution is 2.24. The summed E-state index contributed by atoms with van der Waals surface area (Å²) in [5, 5.41) is 8.86. The van der Waals surface area contributed by atoms with Crippen molar-refractivity contribution in [2.24, 2.45) is 0 Å². The van der Waals surface area contributed by atoms with Gasteiger partial charge in [-0.05, 0) is 35.4 Å². The van der Waals surface area contributed by atoms with Gasteiger partial charge >= 0.3 is 0 Å². The Morgan fingerprint density at radius 3 is 2.38 bits per heavy atom. The van der Waals surface area contributed by atoms with Crippen LogP contribution in [0.2, 0.25) is 0 Å². The predicted molar refractivity (Wildman–Crippen MR) is 56.5 cm³/mol. The standard InChI is InChI=1S/C13H7F2N/c14-11-3-1-2-9(6-11)13-5-4-12(15)7-10(13)8-16/h1-7H. The number of nitrogens with zero attached hydrogens (tertiary/aromatic N) is 1. The molecule has 0 fully saturated rings. The molecule has 0 bridgehead atoms. The molecule has 3 heteroatoms. The third-order valence-corrected chi connectivity index (χ3v) is 2.24. The Morgan fingerprint density at radius 1 is 0.938 bits per heavy atom. The average Bonchev–Trinajstić information content (AvgIpc) is 2.28. The van der Waals surface area contributed by atoms with Crippen molar-refractivity contribution in [2.75, 3.05) is 0 Å². The van der Waals surface area contributed by atoms with Crippen molar-refractivity contribution in [3.8, 4) is 17.2 Å². The van der Waals surface area contributed by atoms with Crippen molar-refractivity contribution >= 4 is 0 Å². The molecule has 0 heterocycles. The van der Waals surface area contributed by atoms with E-state index in [9.17, 15) is 8.78 Å². The van der Waals surface area contributed by atoms with Crippen LogP contribution >= 0.6 is 0 Å². The molecular weight excluding hydrogens is 208 g/mol. The minimum absolute atomic E-state index is 0.200. The van der Waals surface area contributed by atoms with Crippen LogP contribution in [0, 0.1) is 23.0 Å². The Balaban J connectivity index is 2.61. The van der Waals surface area contributed by atoms with Crippen LogP contribution in [0.25, 0.3) is 11.1 Å². The molecule has 0 spiro atoms. The summed E-state index contributed by atoms with van der Waals surface area (Å²) in [7, 11) is 0. The predicted octanol–water partition coefficient (Wildman–Crippen LogP) is 3.50. The smallest absolute Gasteiger partial charge is 0.124 e. The third-order valence-electron chi connectivity index (χ3n) is 2.24. The van der Waals surface area contributed by atoms with Gasteiger partial charge in [-0.25, -0.2) is 8.78 Å². The van der Waals surface area contributed by atoms with E-state index in [4.69, 9.17) is 5.26 Å². The number of benzene rings is 2. The van der Waals surface area contributed by atoms with Crippen LogP contribution in [-0.2, 0) is 0 Å². The van der Waals surface area contributed by atoms with Crippen LogP contribution in [0.5, 0.6) is 0 Å². The fraction of sp³-hybridized carbons (Fsp3) is 0. The van der Waals surface area contributed by atoms with Crippen LogP contribution in [0.4, 0.5) is 8.78 Å². The molecule has 0 unspecified atom stereocenters. The molecule has 0 saturated carbocycles. The summed E-state index contributed by atoms with van der Waals surface area (Å²) in [4.78, 5) is 0. The van der Waals surface area contributed by atoms with Crippen LogP contribution in [0.15, 0.2) is 42.5 Å². The molecule has 0 aromatic heterocycles. The van der Waals surface area contributed by atoms with Crippen molar-refractivity contribution in [2.45, 2.75) is 0 Å². The van der Waals surface area contributed by atoms with Gasteiger partial charge in [-0.1, -0.05) is 18.2 Å². The zero-order chi connectivity index (χ0) is 11.5. The van der Waals surface area contributed by atoms with Crippen molar-refractivity contribution in [3.63, 3.8) is 0 Å². The first-order valence-corrected chi connectivity index (χ1v) is 4.66. The molecule has 2 rings (SSSR count). The molecule has 0 N–H and O–H groups in total. The maximum absolute atomic E-state index is 13.0. The summed E-state index contributed by atoms with van der Waals surface area (Å²) in [6, 6.07) is 11.6. The summed E-state index contributed by atoms with van der Waals surface area (Å²) >= 11 is 0. The number of rotatable bonds is 1. The molecule has 78 valence electrons. The maximum Gasteiger partial charge on any atom is 0.124 e. The second-order valence-electron chi connectivity index (χ2n) is 3.31. The zero-order valence-electron chi connectivity index (χ0n) is 8.24. The molecule has 0 aliphatic heterocycles. The first-order valence-electron chi connectivity index (χ1n) is 4.66. The molecule has 1 nitrogen and oxygen atoms in total. The molecule has 2 aromatic rings. The highest BCUT2D eigenvalue weighted by atomic mass is 19.1. The summed E-state index contributed by atoms with van der Waals surface area (Å²) in [6.07, 6.45) is 0. The fourth-order valence-electron chi connectivity index (χ4n) is 1.52. The Hall–Kier alpha value is -2.21. The Kier molecular flexibility index (Phi) is 2.65. The molecule has 0 atom stereocenters. The van der Waals surface area contributed by atoms with Crippen LogP contribution in [0.3, 0.4) is 0 Å². The van der Waals surface area contributed by atoms with Gasteiger partial charge in [-0.3, -0.25) is 0 Å². The summed E-state index contributed by atoms with van der Waals surface area (Å²) < 4.78 is 25.9. The van der Waals surface area contributed by atoms with Crippen LogP contribution in [-0.4, -0.2) is 0 Å². The van der Waals surface area contributed by atoms with Gasteiger partial charge in [0.1, 0.15) is 11.6 Å². The lowest BCUT2D eigenvalue weighted by Crippen LogP contribution is -1.87. The highest BCUT2D eigenvalue weighted by Gasteiger charge is 2.06. The summed E-state index contributed by atoms with van der Waals surface area (Å²) in [6.45, 7) is 0. The van der Waals surface area contributed by atoms with Gasteiger partial charge in [-0.15, -0.1) is 0 Å². The molecule has 0 radical (unpaired) electrons. The molecule has 2 aromatic carbocycles. The lowest BCUT2D eigenvalue weighted by atomic mass is 10.0. The van der Waals surface area contributed by atoms with Crippen molar-refractivity contribution in [3.05, 3.63) is 59.7 Å². The average molecular weight is 215 g/mol. The first kappa shape index (κ1) is 10.3. The number of halogens is 2. The third kappa shape index (κ3) is 1.91. The number of hydrogen-bond donors (Lipinski definition) is 0. The monoisotopic (exact) mass is 215 g/mol. The van der Waals surface area contributed by atoms with E-state index in [-0.39, 0.29) is 11.4 Å². The number of nitriles is 1. The Bertz CT molecular complexity index is 570. The van der Waals surface area contributed by atoms with E-state index >= 15 is 0 Å². The minimum Gasteiger partial charge on any atom is -0.207 e. The lowest BCUT2D eigenvalue weighted by Gasteiger charge is -2.04. The van der Waals surface area contributed by atoms with E-state index < -0.39 is 5.82 Å². The van der Waals surface area contributed by atoms with Crippen molar-refractivity contribution in [1.29, 1.82) is 5.26 Å². The molecular formula is C13H7F2N. The number of hydrogen-bond acceptors (Lipinski definition) is 1. The largest absolute Gasteiger partial charge is 0.207 e. The van der Waals surface area contributed by atoms with E-state index in [1.165, 1.54) is 24.3 Å². The fourth-order valence-corrected chi connectivity index (χ4v) is 1.52. The maximum atomic E-state index is 13.0.